The van der Waals surface area contributed by atoms with Gasteiger partial charge in [0.2, 0.25) is 5.91 Å². The third-order valence-electron chi connectivity index (χ3n) is 5.48. The van der Waals surface area contributed by atoms with Crippen LogP contribution in [0.25, 0.3) is 0 Å². The molecule has 0 fully saturated rings. The summed E-state index contributed by atoms with van der Waals surface area (Å²) in [5.41, 5.74) is 0. The first-order chi connectivity index (χ1) is 15.7. The molecule has 1 amide bonds. The third-order valence-corrected chi connectivity index (χ3v) is 6.26. The second kappa shape index (κ2) is 20.2. The molecule has 4 N–H and O–H groups in total. The van der Waals surface area contributed by atoms with E-state index >= 15 is 0 Å². The van der Waals surface area contributed by atoms with Gasteiger partial charge in [0, 0.05) is 0 Å². The number of nitrogens with one attached hydrogen (secondary N) is 1. The summed E-state index contributed by atoms with van der Waals surface area (Å²) in [7, 11) is -4.42. The number of carbonyl (C=O) groups is 1. The molecule has 7 nitrogen and oxygen atoms in total. The highest BCUT2D eigenvalue weighted by Gasteiger charge is 2.27. The molecule has 194 valence electrons. The average Bonchev–Trinajstić information content (AvgIpc) is 2.75. The van der Waals surface area contributed by atoms with Gasteiger partial charge in [-0.15, -0.1) is 0 Å². The van der Waals surface area contributed by atoms with Crippen molar-refractivity contribution < 1.29 is 28.0 Å². The molecule has 33 heavy (non-hydrogen) atoms. The molecule has 0 saturated carbocycles. The number of amides is 1. The number of unbranched alkanes of at least 4 members (excludes halogenated alkanes) is 10. The Labute approximate surface area is 201 Å². The SMILES string of the molecule is CCCC/C=C\CCCCCC(O)C(=O)NC(CS(=O)(=O)O)C(O)/C=C/CCCCCCC. The average molecular weight is 490 g/mol. The Bertz CT molecular complexity index is 647. The standard InChI is InChI=1S/C25H47NO6S/c1-3-5-7-9-11-12-14-16-18-20-24(28)25(29)26-22(21-33(30,31)32)23(27)19-17-15-13-10-8-6-4-2/h9,11,17,19,22-24,27-28H,3-8,10,12-16,18,20-21H2,1-2H3,(H,26,29)(H,30,31,32)/b11-9-,19-17+. The van der Waals surface area contributed by atoms with Gasteiger partial charge in [-0.05, 0) is 38.5 Å². The predicted molar refractivity (Wildman–Crippen MR) is 135 cm³/mol. The summed E-state index contributed by atoms with van der Waals surface area (Å²) in [6, 6.07) is -1.23. The third kappa shape index (κ3) is 19.9. The maximum absolute atomic E-state index is 12.3. The minimum absolute atomic E-state index is 0.258. The molecule has 0 aliphatic rings. The molecular weight excluding hydrogens is 442 g/mol. The molecule has 0 bridgehead atoms. The summed E-state index contributed by atoms with van der Waals surface area (Å²) < 4.78 is 31.9. The largest absolute Gasteiger partial charge is 0.387 e. The van der Waals surface area contributed by atoms with Gasteiger partial charge >= 0.3 is 0 Å². The number of aliphatic hydroxyl groups excluding tert-OH is 2. The van der Waals surface area contributed by atoms with Gasteiger partial charge in [-0.25, -0.2) is 0 Å². The summed E-state index contributed by atoms with van der Waals surface area (Å²) in [4.78, 5) is 12.3. The Morgan fingerprint density at radius 3 is 1.97 bits per heavy atom. The Kier molecular flexibility index (Phi) is 19.4. The van der Waals surface area contributed by atoms with Crippen LogP contribution >= 0.6 is 0 Å². The molecule has 0 aromatic carbocycles. The Balaban J connectivity index is 4.44. The number of hydrogen-bond donors (Lipinski definition) is 4. The monoisotopic (exact) mass is 489 g/mol. The van der Waals surface area contributed by atoms with E-state index in [2.05, 4.69) is 31.3 Å². The second-order valence-electron chi connectivity index (χ2n) is 8.75. The molecular formula is C25H47NO6S. The Morgan fingerprint density at radius 1 is 0.818 bits per heavy atom. The van der Waals surface area contributed by atoms with Crippen LogP contribution in [0.2, 0.25) is 0 Å². The number of aliphatic hydroxyl groups is 2. The van der Waals surface area contributed by atoms with E-state index in [0.717, 1.165) is 57.8 Å². The van der Waals surface area contributed by atoms with Crippen molar-refractivity contribution in [1.82, 2.24) is 5.32 Å². The van der Waals surface area contributed by atoms with Crippen LogP contribution in [0.15, 0.2) is 24.3 Å². The quantitative estimate of drug-likeness (QED) is 0.105. The van der Waals surface area contributed by atoms with Crippen molar-refractivity contribution in [3.8, 4) is 0 Å². The highest BCUT2D eigenvalue weighted by molar-refractivity contribution is 7.85. The number of rotatable bonds is 21. The van der Waals surface area contributed by atoms with Gasteiger partial charge in [-0.1, -0.05) is 89.5 Å². The zero-order valence-electron chi connectivity index (χ0n) is 20.6. The van der Waals surface area contributed by atoms with Crippen LogP contribution in [0.4, 0.5) is 0 Å². The van der Waals surface area contributed by atoms with Crippen molar-refractivity contribution in [3.05, 3.63) is 24.3 Å². The lowest BCUT2D eigenvalue weighted by molar-refractivity contribution is -0.130. The number of carbonyl (C=O) groups excluding carboxylic acids is 1. The molecule has 0 aromatic heterocycles. The molecule has 0 saturated heterocycles. The van der Waals surface area contributed by atoms with Crippen LogP contribution < -0.4 is 5.32 Å². The maximum atomic E-state index is 12.3. The lowest BCUT2D eigenvalue weighted by Crippen LogP contribution is -2.50. The highest BCUT2D eigenvalue weighted by atomic mass is 32.2. The first kappa shape index (κ1) is 31.8. The zero-order chi connectivity index (χ0) is 25.0. The van der Waals surface area contributed by atoms with Crippen molar-refractivity contribution in [2.45, 2.75) is 122 Å². The van der Waals surface area contributed by atoms with E-state index in [-0.39, 0.29) is 6.42 Å². The highest BCUT2D eigenvalue weighted by Crippen LogP contribution is 2.10. The Morgan fingerprint density at radius 2 is 1.36 bits per heavy atom. The molecule has 0 aromatic rings. The van der Waals surface area contributed by atoms with E-state index in [1.165, 1.54) is 25.3 Å². The van der Waals surface area contributed by atoms with Crippen molar-refractivity contribution in [2.24, 2.45) is 0 Å². The smallest absolute Gasteiger partial charge is 0.267 e. The van der Waals surface area contributed by atoms with Gasteiger partial charge in [-0.3, -0.25) is 9.35 Å². The number of hydrogen-bond acceptors (Lipinski definition) is 5. The van der Waals surface area contributed by atoms with E-state index < -0.39 is 40.0 Å². The van der Waals surface area contributed by atoms with Crippen LogP contribution in [-0.2, 0) is 14.9 Å². The first-order valence-electron chi connectivity index (χ1n) is 12.6. The minimum Gasteiger partial charge on any atom is -0.387 e. The van der Waals surface area contributed by atoms with Crippen molar-refractivity contribution in [3.63, 3.8) is 0 Å². The van der Waals surface area contributed by atoms with Crippen LogP contribution in [0.1, 0.15) is 104 Å². The fourth-order valence-electron chi connectivity index (χ4n) is 3.43. The van der Waals surface area contributed by atoms with E-state index in [0.29, 0.717) is 6.42 Å². The molecule has 0 aliphatic heterocycles. The molecule has 0 radical (unpaired) electrons. The lowest BCUT2D eigenvalue weighted by atomic mass is 10.1. The summed E-state index contributed by atoms with van der Waals surface area (Å²) in [5, 5.41) is 22.8. The van der Waals surface area contributed by atoms with Crippen molar-refractivity contribution in [1.29, 1.82) is 0 Å². The normalized spacial score (nSPS) is 15.2. The van der Waals surface area contributed by atoms with E-state index in [4.69, 9.17) is 0 Å². The molecule has 0 rings (SSSR count). The summed E-state index contributed by atoms with van der Waals surface area (Å²) in [5.74, 6) is -1.56. The fraction of sp³-hybridized carbons (Fsp3) is 0.800. The van der Waals surface area contributed by atoms with E-state index in [9.17, 15) is 28.0 Å². The van der Waals surface area contributed by atoms with E-state index in [1.807, 2.05) is 0 Å². The van der Waals surface area contributed by atoms with Crippen LogP contribution in [0, 0.1) is 0 Å². The lowest BCUT2D eigenvalue weighted by Gasteiger charge is -2.22. The van der Waals surface area contributed by atoms with Crippen molar-refractivity contribution in [2.75, 3.05) is 5.75 Å². The molecule has 8 heteroatoms. The molecule has 0 spiro atoms. The summed E-state index contributed by atoms with van der Waals surface area (Å²) >= 11 is 0. The van der Waals surface area contributed by atoms with Gasteiger partial charge < -0.3 is 15.5 Å². The van der Waals surface area contributed by atoms with Gasteiger partial charge in [0.1, 0.15) is 6.10 Å². The fourth-order valence-corrected chi connectivity index (χ4v) is 4.17. The Hall–Kier alpha value is -1.22. The summed E-state index contributed by atoms with van der Waals surface area (Å²) in [6.07, 6.45) is 18.5. The predicted octanol–water partition coefficient (Wildman–Crippen LogP) is 4.69. The van der Waals surface area contributed by atoms with Gasteiger partial charge in [0.05, 0.1) is 17.9 Å². The second-order valence-corrected chi connectivity index (χ2v) is 10.2. The molecule has 3 atom stereocenters. The van der Waals surface area contributed by atoms with Crippen molar-refractivity contribution >= 4 is 16.0 Å². The molecule has 0 aliphatic carbocycles. The van der Waals surface area contributed by atoms with Gasteiger partial charge in [-0.2, -0.15) is 8.42 Å². The van der Waals surface area contributed by atoms with Crippen LogP contribution in [0.5, 0.6) is 0 Å². The molecule has 0 heterocycles. The topological polar surface area (TPSA) is 124 Å². The zero-order valence-corrected chi connectivity index (χ0v) is 21.4. The van der Waals surface area contributed by atoms with Gasteiger partial charge in [0.15, 0.2) is 0 Å². The van der Waals surface area contributed by atoms with Crippen LogP contribution in [-0.4, -0.2) is 53.1 Å². The van der Waals surface area contributed by atoms with E-state index in [1.54, 1.807) is 6.08 Å². The van der Waals surface area contributed by atoms with Gasteiger partial charge in [0.25, 0.3) is 10.1 Å². The number of allylic oxidation sites excluding steroid dienone is 3. The summed E-state index contributed by atoms with van der Waals surface area (Å²) in [6.45, 7) is 4.30. The van der Waals surface area contributed by atoms with Crippen LogP contribution in [0.3, 0.4) is 0 Å². The molecule has 3 unspecified atom stereocenters. The minimum atomic E-state index is -4.42. The maximum Gasteiger partial charge on any atom is 0.267 e. The first-order valence-corrected chi connectivity index (χ1v) is 14.3.